The number of rotatable bonds is 11. The number of pyridine rings is 1. The van der Waals surface area contributed by atoms with E-state index in [0.29, 0.717) is 11.5 Å². The lowest BCUT2D eigenvalue weighted by Crippen LogP contribution is -2.32. The molecule has 0 bridgehead atoms. The molecule has 4 rings (SSSR count). The SMILES string of the molecule is C=C/C=C(\C=C/C)C(c1cc(C)[nH]n1)N(C)C(=O)c1ccc(CCNC2(C)CC2c2cccnc2)cc1.CC.[HH]. The molecule has 0 radical (unpaired) electrons. The normalized spacial score (nSPS) is 19.2. The number of hydrogen-bond donors (Lipinski definition) is 2. The van der Waals surface area contributed by atoms with Crippen LogP contribution in [0.1, 0.15) is 80.4 Å². The molecule has 1 aliphatic carbocycles. The number of nitrogens with one attached hydrogen (secondary N) is 2. The molecule has 1 saturated carbocycles. The first-order chi connectivity index (χ1) is 18.9. The van der Waals surface area contributed by atoms with Crippen molar-refractivity contribution in [1.29, 1.82) is 0 Å². The van der Waals surface area contributed by atoms with Gasteiger partial charge in [-0.1, -0.05) is 62.9 Å². The molecule has 2 N–H and O–H groups in total. The van der Waals surface area contributed by atoms with Crippen LogP contribution in [-0.4, -0.2) is 45.1 Å². The van der Waals surface area contributed by atoms with Crippen molar-refractivity contribution in [2.75, 3.05) is 13.6 Å². The van der Waals surface area contributed by atoms with Gasteiger partial charge in [0.15, 0.2) is 0 Å². The topological polar surface area (TPSA) is 73.9 Å². The molecule has 3 aromatic rings. The van der Waals surface area contributed by atoms with Crippen molar-refractivity contribution >= 4 is 5.91 Å². The van der Waals surface area contributed by atoms with Crippen molar-refractivity contribution in [3.05, 3.63) is 119 Å². The maximum Gasteiger partial charge on any atom is 0.254 e. The van der Waals surface area contributed by atoms with Gasteiger partial charge >= 0.3 is 0 Å². The number of carbonyl (C=O) groups is 1. The summed E-state index contributed by atoms with van der Waals surface area (Å²) in [6.07, 6.45) is 13.4. The van der Waals surface area contributed by atoms with Crippen molar-refractivity contribution in [1.82, 2.24) is 25.4 Å². The van der Waals surface area contributed by atoms with Gasteiger partial charge in [-0.25, -0.2) is 0 Å². The molecule has 2 heterocycles. The highest BCUT2D eigenvalue weighted by molar-refractivity contribution is 5.94. The smallest absolute Gasteiger partial charge is 0.254 e. The van der Waals surface area contributed by atoms with Crippen LogP contribution in [0.3, 0.4) is 0 Å². The predicted octanol–water partition coefficient (Wildman–Crippen LogP) is 6.97. The largest absolute Gasteiger partial charge is 0.329 e. The van der Waals surface area contributed by atoms with E-state index in [9.17, 15) is 4.79 Å². The summed E-state index contributed by atoms with van der Waals surface area (Å²) in [7, 11) is 1.82. The number of H-pyrrole nitrogens is 1. The van der Waals surface area contributed by atoms with E-state index in [2.05, 4.69) is 52.2 Å². The number of carbonyl (C=O) groups excluding carboxylic acids is 1. The van der Waals surface area contributed by atoms with Gasteiger partial charge in [0.1, 0.15) is 6.04 Å². The van der Waals surface area contributed by atoms with Crippen LogP contribution < -0.4 is 5.32 Å². The van der Waals surface area contributed by atoms with Crippen LogP contribution in [0.15, 0.2) is 91.3 Å². The van der Waals surface area contributed by atoms with Crippen molar-refractivity contribution in [2.24, 2.45) is 0 Å². The monoisotopic (exact) mass is 527 g/mol. The summed E-state index contributed by atoms with van der Waals surface area (Å²) in [5, 5.41) is 11.2. The van der Waals surface area contributed by atoms with Gasteiger partial charge in [0.25, 0.3) is 5.91 Å². The molecule has 1 aromatic carbocycles. The number of aromatic nitrogens is 3. The van der Waals surface area contributed by atoms with E-state index in [4.69, 9.17) is 0 Å². The standard InChI is InChI=1S/C31H37N5O.C2H6.H2/c1-6-9-24(10-7-2)29(28-19-22(3)34-35-28)36(5)30(37)25-14-12-23(13-15-25)16-18-33-31(4)20-27(31)26-11-8-17-32-21-26;1-2;/h6-15,17,19,21,27,29,33H,1,16,18,20H2,2-5H3,(H,34,35);1-2H3;1H/b10-7-,24-9+;;. The third-order valence-corrected chi connectivity index (χ3v) is 7.17. The van der Waals surface area contributed by atoms with Crippen LogP contribution in [0.2, 0.25) is 0 Å². The third-order valence-electron chi connectivity index (χ3n) is 7.17. The molecule has 0 aliphatic heterocycles. The molecule has 0 spiro atoms. The Morgan fingerprint density at radius 1 is 1.31 bits per heavy atom. The Kier molecular flexibility index (Phi) is 10.6. The highest BCUT2D eigenvalue weighted by Crippen LogP contribution is 2.50. The number of amides is 1. The molecule has 1 aliphatic rings. The van der Waals surface area contributed by atoms with Gasteiger partial charge in [0.2, 0.25) is 0 Å². The summed E-state index contributed by atoms with van der Waals surface area (Å²) < 4.78 is 0. The van der Waals surface area contributed by atoms with E-state index >= 15 is 0 Å². The average molecular weight is 528 g/mol. The fourth-order valence-corrected chi connectivity index (χ4v) is 4.99. The molecular weight excluding hydrogens is 482 g/mol. The van der Waals surface area contributed by atoms with Crippen LogP contribution in [-0.2, 0) is 6.42 Å². The average Bonchev–Trinajstić information content (AvgIpc) is 3.45. The summed E-state index contributed by atoms with van der Waals surface area (Å²) in [4.78, 5) is 19.5. The summed E-state index contributed by atoms with van der Waals surface area (Å²) in [6, 6.07) is 13.8. The molecule has 208 valence electrons. The van der Waals surface area contributed by atoms with Gasteiger partial charge < -0.3 is 10.2 Å². The van der Waals surface area contributed by atoms with E-state index in [0.717, 1.165) is 36.3 Å². The molecule has 3 atom stereocenters. The van der Waals surface area contributed by atoms with E-state index in [-0.39, 0.29) is 18.9 Å². The zero-order chi connectivity index (χ0) is 28.4. The summed E-state index contributed by atoms with van der Waals surface area (Å²) in [6.45, 7) is 14.9. The lowest BCUT2D eigenvalue weighted by molar-refractivity contribution is 0.0752. The van der Waals surface area contributed by atoms with Gasteiger partial charge in [0.05, 0.1) is 5.69 Å². The second-order valence-electron chi connectivity index (χ2n) is 10.0. The van der Waals surface area contributed by atoms with Gasteiger partial charge in [-0.3, -0.25) is 14.9 Å². The second kappa shape index (κ2) is 13.9. The summed E-state index contributed by atoms with van der Waals surface area (Å²) in [5.74, 6) is 0.463. The highest BCUT2D eigenvalue weighted by atomic mass is 16.2. The number of hydrogen-bond acceptors (Lipinski definition) is 4. The molecule has 1 amide bonds. The van der Waals surface area contributed by atoms with Crippen LogP contribution in [0, 0.1) is 6.92 Å². The van der Waals surface area contributed by atoms with Crippen LogP contribution in [0.5, 0.6) is 0 Å². The van der Waals surface area contributed by atoms with E-state index in [1.165, 1.54) is 11.1 Å². The van der Waals surface area contributed by atoms with Crippen LogP contribution in [0.4, 0.5) is 0 Å². The Morgan fingerprint density at radius 3 is 2.64 bits per heavy atom. The molecule has 1 fully saturated rings. The molecular formula is C33H45N5O. The van der Waals surface area contributed by atoms with Gasteiger partial charge in [-0.2, -0.15) is 5.10 Å². The van der Waals surface area contributed by atoms with Crippen LogP contribution in [0.25, 0.3) is 0 Å². The number of nitrogens with zero attached hydrogens (tertiary/aromatic N) is 3. The van der Waals surface area contributed by atoms with Crippen molar-refractivity contribution < 1.29 is 6.22 Å². The van der Waals surface area contributed by atoms with Crippen molar-refractivity contribution in [3.8, 4) is 0 Å². The first kappa shape index (κ1) is 29.8. The van der Waals surface area contributed by atoms with Crippen molar-refractivity contribution in [3.63, 3.8) is 0 Å². The third kappa shape index (κ3) is 7.42. The minimum absolute atomic E-state index is 0. The first-order valence-electron chi connectivity index (χ1n) is 13.8. The Bertz CT molecular complexity index is 1280. The molecule has 2 aromatic heterocycles. The quantitative estimate of drug-likeness (QED) is 0.264. The Morgan fingerprint density at radius 2 is 2.05 bits per heavy atom. The Labute approximate surface area is 235 Å². The maximum atomic E-state index is 13.5. The molecule has 6 nitrogen and oxygen atoms in total. The molecule has 6 heteroatoms. The predicted molar refractivity (Wildman–Crippen MR) is 163 cm³/mol. The minimum Gasteiger partial charge on any atom is -0.329 e. The van der Waals surface area contributed by atoms with Crippen molar-refractivity contribution in [2.45, 2.75) is 65.0 Å². The minimum atomic E-state index is -0.331. The highest BCUT2D eigenvalue weighted by Gasteiger charge is 2.50. The van der Waals surface area contributed by atoms with Gasteiger partial charge in [-0.15, -0.1) is 0 Å². The van der Waals surface area contributed by atoms with Crippen LogP contribution >= 0.6 is 0 Å². The van der Waals surface area contributed by atoms with Gasteiger partial charge in [-0.05, 0) is 81.1 Å². The van der Waals surface area contributed by atoms with E-state index < -0.39 is 0 Å². The Balaban J connectivity index is 0.00000183. The summed E-state index contributed by atoms with van der Waals surface area (Å²) >= 11 is 0. The molecule has 3 unspecified atom stereocenters. The maximum absolute atomic E-state index is 13.5. The van der Waals surface area contributed by atoms with E-state index in [1.54, 1.807) is 11.0 Å². The molecule has 0 saturated heterocycles. The number of aromatic amines is 1. The number of aryl methyl sites for hydroxylation is 1. The summed E-state index contributed by atoms with van der Waals surface area (Å²) in [5.41, 5.74) is 5.97. The molecule has 39 heavy (non-hydrogen) atoms. The first-order valence-corrected chi connectivity index (χ1v) is 13.8. The van der Waals surface area contributed by atoms with E-state index in [1.807, 2.05) is 89.6 Å². The van der Waals surface area contributed by atoms with Gasteiger partial charge in [0, 0.05) is 43.6 Å². The number of likely N-dealkylation sites (N-methyl/N-ethyl adjacent to an activating group) is 1. The number of benzene rings is 1. The lowest BCUT2D eigenvalue weighted by atomic mass is 9.99. The zero-order valence-electron chi connectivity index (χ0n) is 24.2. The second-order valence-corrected chi connectivity index (χ2v) is 10.0. The number of allylic oxidation sites excluding steroid dienone is 3. The Hall–Kier alpha value is -3.77. The zero-order valence-corrected chi connectivity index (χ0v) is 24.2. The lowest BCUT2D eigenvalue weighted by Gasteiger charge is -2.28. The fraction of sp³-hybridized carbons (Fsp3) is 0.364. The fourth-order valence-electron chi connectivity index (χ4n) is 4.99.